The normalized spacial score (nSPS) is 27.3. The van der Waals surface area contributed by atoms with E-state index in [1.54, 1.807) is 0 Å². The predicted octanol–water partition coefficient (Wildman–Crippen LogP) is 4.22. The van der Waals surface area contributed by atoms with Crippen LogP contribution in [0.15, 0.2) is 5.38 Å². The highest BCUT2D eigenvalue weighted by atomic mass is 35.5. The highest BCUT2D eigenvalue weighted by Crippen LogP contribution is 2.46. The zero-order chi connectivity index (χ0) is 19.0. The van der Waals surface area contributed by atoms with Gasteiger partial charge in [0.1, 0.15) is 10.7 Å². The zero-order valence-corrected chi connectivity index (χ0v) is 20.1. The minimum atomic E-state index is -0.0688. The summed E-state index contributed by atoms with van der Waals surface area (Å²) in [4.78, 5) is 21.8. The van der Waals surface area contributed by atoms with Crippen LogP contribution in [0, 0.1) is 17.8 Å². The second-order valence-corrected chi connectivity index (χ2v) is 9.85. The first-order chi connectivity index (χ1) is 12.3. The summed E-state index contributed by atoms with van der Waals surface area (Å²) < 4.78 is 0. The van der Waals surface area contributed by atoms with E-state index in [0.717, 1.165) is 42.1 Å². The number of nitrogens with two attached hydrogens (primary N) is 1. The molecule has 2 saturated carbocycles. The van der Waals surface area contributed by atoms with Gasteiger partial charge in [0, 0.05) is 24.5 Å². The van der Waals surface area contributed by atoms with E-state index in [-0.39, 0.29) is 36.8 Å². The molecule has 0 aromatic carbocycles. The van der Waals surface area contributed by atoms with Crippen LogP contribution in [0.3, 0.4) is 0 Å². The van der Waals surface area contributed by atoms with E-state index in [2.05, 4.69) is 37.8 Å². The average Bonchev–Trinajstić information content (AvgIpc) is 3.26. The summed E-state index contributed by atoms with van der Waals surface area (Å²) in [5.41, 5.74) is 6.79. The second kappa shape index (κ2) is 10.6. The first-order valence-corrected chi connectivity index (χ1v) is 10.8. The van der Waals surface area contributed by atoms with E-state index in [1.807, 2.05) is 17.3 Å². The molecule has 28 heavy (non-hydrogen) atoms. The van der Waals surface area contributed by atoms with Gasteiger partial charge in [0.25, 0.3) is 5.91 Å². The summed E-state index contributed by atoms with van der Waals surface area (Å²) in [5.74, 6) is 2.12. The van der Waals surface area contributed by atoms with Crippen LogP contribution >= 0.6 is 36.2 Å². The van der Waals surface area contributed by atoms with Crippen LogP contribution in [0.4, 0.5) is 0 Å². The number of rotatable bonds is 6. The molecule has 5 nitrogen and oxygen atoms in total. The summed E-state index contributed by atoms with van der Waals surface area (Å²) in [6.45, 7) is 4.32. The Labute approximate surface area is 186 Å². The number of halogens is 2. The molecule has 0 saturated heterocycles. The van der Waals surface area contributed by atoms with E-state index < -0.39 is 0 Å². The Morgan fingerprint density at radius 1 is 1.14 bits per heavy atom. The molecule has 0 spiro atoms. The van der Waals surface area contributed by atoms with Gasteiger partial charge in [-0.2, -0.15) is 0 Å². The van der Waals surface area contributed by atoms with Gasteiger partial charge in [-0.15, -0.1) is 36.2 Å². The maximum atomic E-state index is 12.9. The van der Waals surface area contributed by atoms with E-state index in [1.165, 1.54) is 24.2 Å². The molecule has 1 amide bonds. The predicted molar refractivity (Wildman–Crippen MR) is 122 cm³/mol. The van der Waals surface area contributed by atoms with E-state index in [4.69, 9.17) is 5.73 Å². The Hall–Kier alpha value is -0.400. The van der Waals surface area contributed by atoms with Crippen molar-refractivity contribution in [2.75, 3.05) is 21.1 Å². The lowest BCUT2D eigenvalue weighted by Gasteiger charge is -2.26. The summed E-state index contributed by atoms with van der Waals surface area (Å²) in [6.07, 6.45) is 5.74. The number of hydrogen-bond acceptors (Lipinski definition) is 5. The summed E-state index contributed by atoms with van der Waals surface area (Å²) in [7, 11) is 6.32. The first-order valence-electron chi connectivity index (χ1n) is 9.90. The zero-order valence-electron chi connectivity index (χ0n) is 17.6. The molecule has 0 aliphatic heterocycles. The van der Waals surface area contributed by atoms with Crippen LogP contribution in [0.5, 0.6) is 0 Å². The molecule has 1 heterocycles. The van der Waals surface area contributed by atoms with Crippen LogP contribution in [-0.4, -0.2) is 53.9 Å². The number of fused-ring (bicyclic) bond motifs is 1. The standard InChI is InChI=1S/C20H34N4OS.2ClH/c1-12(2)6-17(21)19-22-18(11-26-19)20(25)24(5)16-9-13-7-15(23(3)4)8-14(13)10-16;;/h11-17H,6-10,21H2,1-5H3;2*1H/t13-,14+,15?,16?,17-;;/m0../s1. The fourth-order valence-electron chi connectivity index (χ4n) is 4.80. The lowest BCUT2D eigenvalue weighted by atomic mass is 10.0. The lowest BCUT2D eigenvalue weighted by molar-refractivity contribution is 0.0721. The molecule has 2 aliphatic carbocycles. The maximum absolute atomic E-state index is 12.9. The van der Waals surface area contributed by atoms with Gasteiger partial charge >= 0.3 is 0 Å². The monoisotopic (exact) mass is 450 g/mol. The Bertz CT molecular complexity index is 625. The second-order valence-electron chi connectivity index (χ2n) is 8.96. The molecule has 1 aromatic rings. The van der Waals surface area contributed by atoms with Gasteiger partial charge < -0.3 is 15.5 Å². The minimum Gasteiger partial charge on any atom is -0.337 e. The van der Waals surface area contributed by atoms with Crippen molar-refractivity contribution in [1.82, 2.24) is 14.8 Å². The highest BCUT2D eigenvalue weighted by molar-refractivity contribution is 7.09. The quantitative estimate of drug-likeness (QED) is 0.704. The van der Waals surface area contributed by atoms with Crippen molar-refractivity contribution in [3.63, 3.8) is 0 Å². The van der Waals surface area contributed by atoms with E-state index >= 15 is 0 Å². The molecule has 2 unspecified atom stereocenters. The van der Waals surface area contributed by atoms with Gasteiger partial charge in [0.15, 0.2) is 0 Å². The summed E-state index contributed by atoms with van der Waals surface area (Å²) >= 11 is 1.52. The van der Waals surface area contributed by atoms with Crippen molar-refractivity contribution in [3.8, 4) is 0 Å². The average molecular weight is 452 g/mol. The highest BCUT2D eigenvalue weighted by Gasteiger charge is 2.44. The largest absolute Gasteiger partial charge is 0.337 e. The van der Waals surface area contributed by atoms with Gasteiger partial charge in [-0.25, -0.2) is 4.98 Å². The van der Waals surface area contributed by atoms with Gasteiger partial charge in [-0.05, 0) is 64.0 Å². The molecule has 1 aromatic heterocycles. The van der Waals surface area contributed by atoms with Crippen molar-refractivity contribution in [1.29, 1.82) is 0 Å². The minimum absolute atomic E-state index is 0. The van der Waals surface area contributed by atoms with Crippen LogP contribution in [0.1, 0.15) is 67.5 Å². The third-order valence-corrected chi connectivity index (χ3v) is 7.32. The van der Waals surface area contributed by atoms with Gasteiger partial charge in [-0.1, -0.05) is 13.8 Å². The van der Waals surface area contributed by atoms with Crippen LogP contribution in [0.25, 0.3) is 0 Å². The molecule has 2 fully saturated rings. The molecular formula is C20H36Cl2N4OS. The van der Waals surface area contributed by atoms with E-state index in [0.29, 0.717) is 17.7 Å². The Kier molecular flexibility index (Phi) is 9.68. The number of thiazole rings is 1. The molecule has 5 atom stereocenters. The van der Waals surface area contributed by atoms with Crippen LogP contribution < -0.4 is 5.73 Å². The van der Waals surface area contributed by atoms with E-state index in [9.17, 15) is 4.79 Å². The molecule has 0 radical (unpaired) electrons. The van der Waals surface area contributed by atoms with Gasteiger partial charge in [0.05, 0.1) is 6.04 Å². The van der Waals surface area contributed by atoms with Crippen molar-refractivity contribution in [2.24, 2.45) is 23.5 Å². The SMILES string of the molecule is CC(C)C[C@H](N)c1nc(C(=O)N(C)C2C[C@H]3CC(N(C)C)C[C@H]3C2)cs1.Cl.Cl. The Balaban J connectivity index is 0.00000196. The van der Waals surface area contributed by atoms with Crippen molar-refractivity contribution in [2.45, 2.75) is 64.1 Å². The number of carbonyl (C=O) groups is 1. The summed E-state index contributed by atoms with van der Waals surface area (Å²) in [5, 5.41) is 2.76. The van der Waals surface area contributed by atoms with Crippen molar-refractivity contribution < 1.29 is 4.79 Å². The number of nitrogens with zero attached hydrogens (tertiary/aromatic N) is 3. The van der Waals surface area contributed by atoms with Crippen molar-refractivity contribution in [3.05, 3.63) is 16.1 Å². The number of amides is 1. The lowest BCUT2D eigenvalue weighted by Crippen LogP contribution is -2.36. The van der Waals surface area contributed by atoms with Gasteiger partial charge in [0.2, 0.25) is 0 Å². The number of carbonyl (C=O) groups excluding carboxylic acids is 1. The first kappa shape index (κ1) is 25.6. The Morgan fingerprint density at radius 2 is 1.68 bits per heavy atom. The fraction of sp³-hybridized carbons (Fsp3) is 0.800. The van der Waals surface area contributed by atoms with Crippen molar-refractivity contribution >= 4 is 42.1 Å². The van der Waals surface area contributed by atoms with Crippen LogP contribution in [-0.2, 0) is 0 Å². The Morgan fingerprint density at radius 3 is 2.18 bits per heavy atom. The molecule has 3 rings (SSSR count). The number of hydrogen-bond donors (Lipinski definition) is 1. The molecule has 162 valence electrons. The molecule has 8 heteroatoms. The molecule has 2 N–H and O–H groups in total. The summed E-state index contributed by atoms with van der Waals surface area (Å²) in [6, 6.07) is 1.01. The van der Waals surface area contributed by atoms with Gasteiger partial charge in [-0.3, -0.25) is 4.79 Å². The third-order valence-electron chi connectivity index (χ3n) is 6.35. The topological polar surface area (TPSA) is 62.5 Å². The molecule has 2 aliphatic rings. The van der Waals surface area contributed by atoms with Crippen LogP contribution in [0.2, 0.25) is 0 Å². The number of aromatic nitrogens is 1. The molecule has 0 bridgehead atoms. The molecular weight excluding hydrogens is 415 g/mol. The maximum Gasteiger partial charge on any atom is 0.273 e. The fourth-order valence-corrected chi connectivity index (χ4v) is 5.61. The smallest absolute Gasteiger partial charge is 0.273 e. The third kappa shape index (κ3) is 5.60.